The Morgan fingerprint density at radius 2 is 2.25 bits per heavy atom. The van der Waals surface area contributed by atoms with Gasteiger partial charge in [0, 0.05) is 10.1 Å². The Balaban J connectivity index is 2.05. The van der Waals surface area contributed by atoms with Crippen LogP contribution in [0.5, 0.6) is 0 Å². The molecule has 2 rings (SSSR count). The summed E-state index contributed by atoms with van der Waals surface area (Å²) >= 11 is 1.94. The van der Waals surface area contributed by atoms with Crippen LogP contribution in [0.4, 0.5) is 0 Å². The molecule has 0 radical (unpaired) electrons. The summed E-state index contributed by atoms with van der Waals surface area (Å²) < 4.78 is 0. The molecule has 0 N–H and O–H groups in total. The first-order valence-electron chi connectivity index (χ1n) is 5.83. The lowest BCUT2D eigenvalue weighted by Crippen LogP contribution is -2.19. The van der Waals surface area contributed by atoms with Crippen molar-refractivity contribution >= 4 is 11.8 Å². The van der Waals surface area contributed by atoms with Gasteiger partial charge in [-0.25, -0.2) is 0 Å². The van der Waals surface area contributed by atoms with Gasteiger partial charge in [-0.05, 0) is 37.8 Å². The molecule has 0 spiro atoms. The first-order chi connectivity index (χ1) is 7.67. The second-order valence-electron chi connectivity index (χ2n) is 4.78. The van der Waals surface area contributed by atoms with Gasteiger partial charge in [-0.3, -0.25) is 0 Å². The maximum atomic E-state index is 9.20. The molecular formula is C14H17NS. The number of thioether (sulfide) groups is 1. The van der Waals surface area contributed by atoms with Crippen LogP contribution >= 0.6 is 11.8 Å². The number of nitrogens with zero attached hydrogens (tertiary/aromatic N) is 1. The van der Waals surface area contributed by atoms with Crippen molar-refractivity contribution in [2.45, 2.75) is 43.3 Å². The second kappa shape index (κ2) is 4.51. The van der Waals surface area contributed by atoms with Gasteiger partial charge < -0.3 is 0 Å². The van der Waals surface area contributed by atoms with Crippen molar-refractivity contribution in [1.82, 2.24) is 0 Å². The summed E-state index contributed by atoms with van der Waals surface area (Å²) in [5, 5.41) is 9.79. The fraction of sp³-hybridized carbons (Fsp3) is 0.500. The standard InChI is InChI=1S/C14H17NS/c1-3-14(2,10-15)9-12-8-11-6-4-5-7-13(11)16-12/h4-7,12H,3,8-9H2,1-2H3. The Hall–Kier alpha value is -0.940. The van der Waals surface area contributed by atoms with E-state index in [0.717, 1.165) is 19.3 Å². The van der Waals surface area contributed by atoms with Gasteiger partial charge in [0.25, 0.3) is 0 Å². The normalized spacial score (nSPS) is 22.2. The van der Waals surface area contributed by atoms with Gasteiger partial charge in [0.1, 0.15) is 0 Å². The highest BCUT2D eigenvalue weighted by Crippen LogP contribution is 2.42. The van der Waals surface area contributed by atoms with Crippen LogP contribution < -0.4 is 0 Å². The van der Waals surface area contributed by atoms with Crippen LogP contribution in [0.25, 0.3) is 0 Å². The molecular weight excluding hydrogens is 214 g/mol. The molecule has 16 heavy (non-hydrogen) atoms. The lowest BCUT2D eigenvalue weighted by molar-refractivity contribution is 0.385. The molecule has 0 bridgehead atoms. The summed E-state index contributed by atoms with van der Waals surface area (Å²) in [6.07, 6.45) is 3.06. The fourth-order valence-electron chi connectivity index (χ4n) is 2.14. The summed E-state index contributed by atoms with van der Waals surface area (Å²) in [7, 11) is 0. The molecule has 0 aliphatic carbocycles. The highest BCUT2D eigenvalue weighted by Gasteiger charge is 2.30. The summed E-state index contributed by atoms with van der Waals surface area (Å²) in [6, 6.07) is 11.1. The Kier molecular flexibility index (Phi) is 3.25. The van der Waals surface area contributed by atoms with E-state index in [9.17, 15) is 5.26 Å². The summed E-state index contributed by atoms with van der Waals surface area (Å²) in [5.41, 5.74) is 1.30. The van der Waals surface area contributed by atoms with Crippen LogP contribution in [0.3, 0.4) is 0 Å². The molecule has 0 aromatic heterocycles. The van der Waals surface area contributed by atoms with Crippen molar-refractivity contribution in [3.8, 4) is 6.07 Å². The molecule has 0 amide bonds. The van der Waals surface area contributed by atoms with Crippen LogP contribution in [0.2, 0.25) is 0 Å². The van der Waals surface area contributed by atoms with Crippen molar-refractivity contribution in [1.29, 1.82) is 5.26 Å². The third kappa shape index (κ3) is 2.25. The van der Waals surface area contributed by atoms with E-state index in [-0.39, 0.29) is 5.41 Å². The molecule has 1 nitrogen and oxygen atoms in total. The SMILES string of the molecule is CCC(C)(C#N)CC1Cc2ccccc2S1. The molecule has 1 heterocycles. The third-order valence-corrected chi connectivity index (χ3v) is 4.76. The number of fused-ring (bicyclic) bond motifs is 1. The zero-order valence-electron chi connectivity index (χ0n) is 9.86. The lowest BCUT2D eigenvalue weighted by Gasteiger charge is -2.22. The predicted octanol–water partition coefficient (Wildman–Crippen LogP) is 4.03. The van der Waals surface area contributed by atoms with Gasteiger partial charge in [0.2, 0.25) is 0 Å². The van der Waals surface area contributed by atoms with Gasteiger partial charge in [-0.2, -0.15) is 5.26 Å². The van der Waals surface area contributed by atoms with E-state index in [0.29, 0.717) is 5.25 Å². The van der Waals surface area contributed by atoms with E-state index in [2.05, 4.69) is 44.2 Å². The Morgan fingerprint density at radius 1 is 1.50 bits per heavy atom. The van der Waals surface area contributed by atoms with Gasteiger partial charge in [0.05, 0.1) is 11.5 Å². The van der Waals surface area contributed by atoms with Crippen molar-refractivity contribution in [2.75, 3.05) is 0 Å². The Morgan fingerprint density at radius 3 is 2.88 bits per heavy atom. The molecule has 2 heteroatoms. The number of nitriles is 1. The van der Waals surface area contributed by atoms with E-state index in [4.69, 9.17) is 0 Å². The number of benzene rings is 1. The maximum absolute atomic E-state index is 9.20. The molecule has 1 aromatic carbocycles. The van der Waals surface area contributed by atoms with Gasteiger partial charge in [-0.15, -0.1) is 11.8 Å². The Labute approximate surface area is 102 Å². The van der Waals surface area contributed by atoms with Crippen molar-refractivity contribution < 1.29 is 0 Å². The average Bonchev–Trinajstić information content (AvgIpc) is 2.70. The van der Waals surface area contributed by atoms with E-state index >= 15 is 0 Å². The minimum absolute atomic E-state index is 0.153. The average molecular weight is 231 g/mol. The van der Waals surface area contributed by atoms with E-state index in [1.165, 1.54) is 10.5 Å². The molecule has 0 saturated carbocycles. The van der Waals surface area contributed by atoms with Crippen LogP contribution in [0.1, 0.15) is 32.3 Å². The van der Waals surface area contributed by atoms with E-state index < -0.39 is 0 Å². The van der Waals surface area contributed by atoms with Crippen LogP contribution in [-0.2, 0) is 6.42 Å². The molecule has 1 aliphatic rings. The number of hydrogen-bond donors (Lipinski definition) is 0. The highest BCUT2D eigenvalue weighted by atomic mass is 32.2. The summed E-state index contributed by atoms with van der Waals surface area (Å²) in [5.74, 6) is 0. The van der Waals surface area contributed by atoms with E-state index in [1.807, 2.05) is 11.8 Å². The largest absolute Gasteiger partial charge is 0.198 e. The zero-order valence-corrected chi connectivity index (χ0v) is 10.7. The third-order valence-electron chi connectivity index (χ3n) is 3.44. The topological polar surface area (TPSA) is 23.8 Å². The van der Waals surface area contributed by atoms with E-state index in [1.54, 1.807) is 0 Å². The van der Waals surface area contributed by atoms with Crippen molar-refractivity contribution in [3.63, 3.8) is 0 Å². The molecule has 1 aliphatic heterocycles. The summed E-state index contributed by atoms with van der Waals surface area (Å²) in [4.78, 5) is 1.41. The number of rotatable bonds is 3. The minimum atomic E-state index is -0.153. The predicted molar refractivity (Wildman–Crippen MR) is 68.4 cm³/mol. The van der Waals surface area contributed by atoms with Crippen LogP contribution in [0, 0.1) is 16.7 Å². The monoisotopic (exact) mass is 231 g/mol. The summed E-state index contributed by atoms with van der Waals surface area (Å²) in [6.45, 7) is 4.19. The fourth-order valence-corrected chi connectivity index (χ4v) is 3.67. The smallest absolute Gasteiger partial charge is 0.0687 e. The number of hydrogen-bond acceptors (Lipinski definition) is 2. The van der Waals surface area contributed by atoms with Crippen molar-refractivity contribution in [3.05, 3.63) is 29.8 Å². The van der Waals surface area contributed by atoms with Gasteiger partial charge >= 0.3 is 0 Å². The Bertz CT molecular complexity index is 396. The zero-order chi connectivity index (χ0) is 11.6. The maximum Gasteiger partial charge on any atom is 0.0687 e. The molecule has 2 unspecified atom stereocenters. The molecule has 0 saturated heterocycles. The first kappa shape index (κ1) is 11.5. The first-order valence-corrected chi connectivity index (χ1v) is 6.70. The molecule has 84 valence electrons. The van der Waals surface area contributed by atoms with Gasteiger partial charge in [-0.1, -0.05) is 25.1 Å². The molecule has 1 aromatic rings. The minimum Gasteiger partial charge on any atom is -0.198 e. The highest BCUT2D eigenvalue weighted by molar-refractivity contribution is 8.00. The second-order valence-corrected chi connectivity index (χ2v) is 6.12. The lowest BCUT2D eigenvalue weighted by atomic mass is 9.83. The molecule has 2 atom stereocenters. The van der Waals surface area contributed by atoms with Crippen molar-refractivity contribution in [2.24, 2.45) is 5.41 Å². The quantitative estimate of drug-likeness (QED) is 0.784. The van der Waals surface area contributed by atoms with Crippen LogP contribution in [-0.4, -0.2) is 5.25 Å². The van der Waals surface area contributed by atoms with Gasteiger partial charge in [0.15, 0.2) is 0 Å². The molecule has 0 fully saturated rings. The van der Waals surface area contributed by atoms with Crippen LogP contribution in [0.15, 0.2) is 29.2 Å².